The number of hydrogen-bond donors (Lipinski definition) is 2. The minimum absolute atomic E-state index is 0.00133. The Balaban J connectivity index is 1.73. The van der Waals surface area contributed by atoms with Crippen molar-refractivity contribution in [3.05, 3.63) is 77.2 Å². The van der Waals surface area contributed by atoms with Gasteiger partial charge in [-0.3, -0.25) is 9.59 Å². The molecule has 0 saturated carbocycles. The van der Waals surface area contributed by atoms with Gasteiger partial charge in [-0.15, -0.1) is 0 Å². The Hall–Kier alpha value is -3.25. The molecular weight excluding hydrogens is 352 g/mol. The average molecular weight is 367 g/mol. The van der Waals surface area contributed by atoms with Crippen molar-refractivity contribution < 1.29 is 9.59 Å². The molecule has 2 N–H and O–H groups in total. The summed E-state index contributed by atoms with van der Waals surface area (Å²) in [7, 11) is 0. The minimum atomic E-state index is -0.371. The second-order valence-electron chi connectivity index (χ2n) is 5.51. The molecule has 0 unspecified atom stereocenters. The minimum Gasteiger partial charge on any atom is -0.340 e. The normalized spacial score (nSPS) is 10.2. The second-order valence-corrected chi connectivity index (χ2v) is 5.95. The summed E-state index contributed by atoms with van der Waals surface area (Å²) in [6, 6.07) is 15.4. The molecule has 7 heteroatoms. The van der Waals surface area contributed by atoms with E-state index in [0.29, 0.717) is 22.1 Å². The largest absolute Gasteiger partial charge is 0.340 e. The molecule has 0 bridgehead atoms. The molecule has 3 rings (SSSR count). The summed E-state index contributed by atoms with van der Waals surface area (Å²) in [4.78, 5) is 31.8. The van der Waals surface area contributed by atoms with Crippen molar-refractivity contribution in [1.82, 2.24) is 9.97 Å². The van der Waals surface area contributed by atoms with Gasteiger partial charge in [0.1, 0.15) is 17.8 Å². The molecule has 6 nitrogen and oxygen atoms in total. The van der Waals surface area contributed by atoms with E-state index in [1.807, 2.05) is 0 Å². The van der Waals surface area contributed by atoms with E-state index in [1.54, 1.807) is 54.6 Å². The van der Waals surface area contributed by atoms with Crippen molar-refractivity contribution in [2.75, 3.05) is 10.6 Å². The van der Waals surface area contributed by atoms with Crippen LogP contribution in [0, 0.1) is 0 Å². The molecule has 0 aliphatic heterocycles. The number of nitrogens with zero attached hydrogens (tertiary/aromatic N) is 2. The molecule has 0 aliphatic rings. The molecule has 0 saturated heterocycles. The highest BCUT2D eigenvalue weighted by atomic mass is 35.5. The van der Waals surface area contributed by atoms with Crippen LogP contribution in [-0.4, -0.2) is 21.7 Å². The molecule has 1 amide bonds. The number of hydrogen-bond acceptors (Lipinski definition) is 5. The number of ketones is 1. The Kier molecular flexibility index (Phi) is 5.24. The van der Waals surface area contributed by atoms with Crippen LogP contribution in [0.3, 0.4) is 0 Å². The Labute approximate surface area is 155 Å². The number of nitrogens with one attached hydrogen (secondary N) is 2. The van der Waals surface area contributed by atoms with E-state index >= 15 is 0 Å². The summed E-state index contributed by atoms with van der Waals surface area (Å²) in [5.41, 5.74) is 2.16. The van der Waals surface area contributed by atoms with Crippen molar-refractivity contribution >= 4 is 40.5 Å². The van der Waals surface area contributed by atoms with Gasteiger partial charge in [0, 0.05) is 28.0 Å². The highest BCUT2D eigenvalue weighted by Gasteiger charge is 2.10. The van der Waals surface area contributed by atoms with Gasteiger partial charge in [0.25, 0.3) is 5.91 Å². The zero-order valence-electron chi connectivity index (χ0n) is 13.9. The maximum absolute atomic E-state index is 12.3. The van der Waals surface area contributed by atoms with Gasteiger partial charge in [-0.1, -0.05) is 17.7 Å². The van der Waals surface area contributed by atoms with Gasteiger partial charge in [0.15, 0.2) is 5.78 Å². The molecule has 1 heterocycles. The summed E-state index contributed by atoms with van der Waals surface area (Å²) in [5.74, 6) is 0.0926. The first-order chi connectivity index (χ1) is 12.5. The maximum Gasteiger partial charge on any atom is 0.274 e. The van der Waals surface area contributed by atoms with E-state index in [2.05, 4.69) is 20.6 Å². The van der Waals surface area contributed by atoms with Crippen molar-refractivity contribution in [3.8, 4) is 0 Å². The maximum atomic E-state index is 12.3. The number of aromatic nitrogens is 2. The van der Waals surface area contributed by atoms with E-state index in [4.69, 9.17) is 11.6 Å². The van der Waals surface area contributed by atoms with Crippen molar-refractivity contribution in [2.45, 2.75) is 6.92 Å². The van der Waals surface area contributed by atoms with E-state index in [-0.39, 0.29) is 17.4 Å². The predicted molar refractivity (Wildman–Crippen MR) is 101 cm³/mol. The highest BCUT2D eigenvalue weighted by Crippen LogP contribution is 2.18. The Morgan fingerprint density at radius 3 is 2.42 bits per heavy atom. The van der Waals surface area contributed by atoms with Gasteiger partial charge in [0.05, 0.1) is 0 Å². The Bertz CT molecular complexity index is 958. The van der Waals surface area contributed by atoms with Crippen LogP contribution in [0.2, 0.25) is 5.02 Å². The van der Waals surface area contributed by atoms with Crippen molar-refractivity contribution in [1.29, 1.82) is 0 Å². The first-order valence-corrected chi connectivity index (χ1v) is 8.16. The molecule has 0 radical (unpaired) electrons. The van der Waals surface area contributed by atoms with Crippen LogP contribution < -0.4 is 10.6 Å². The Morgan fingerprint density at radius 1 is 0.962 bits per heavy atom. The smallest absolute Gasteiger partial charge is 0.274 e. The second kappa shape index (κ2) is 7.76. The predicted octanol–water partition coefficient (Wildman–Crippen LogP) is 4.33. The number of amides is 1. The Morgan fingerprint density at radius 2 is 1.73 bits per heavy atom. The van der Waals surface area contributed by atoms with Crippen LogP contribution >= 0.6 is 11.6 Å². The summed E-state index contributed by atoms with van der Waals surface area (Å²) in [6.07, 6.45) is 1.30. The van der Waals surface area contributed by atoms with Crippen LogP contribution in [0.4, 0.5) is 17.2 Å². The lowest BCUT2D eigenvalue weighted by Crippen LogP contribution is -2.14. The van der Waals surface area contributed by atoms with Gasteiger partial charge in [-0.05, 0) is 49.4 Å². The quantitative estimate of drug-likeness (QED) is 0.656. The number of carbonyl (C=O) groups is 2. The lowest BCUT2D eigenvalue weighted by atomic mass is 10.1. The van der Waals surface area contributed by atoms with Crippen molar-refractivity contribution in [3.63, 3.8) is 0 Å². The van der Waals surface area contributed by atoms with Gasteiger partial charge < -0.3 is 10.6 Å². The number of Topliss-reactive ketones (excluding diaryl/α,β-unsaturated/α-hetero) is 1. The van der Waals surface area contributed by atoms with Gasteiger partial charge >= 0.3 is 0 Å². The molecule has 2 aromatic carbocycles. The fourth-order valence-corrected chi connectivity index (χ4v) is 2.44. The molecule has 3 aromatic rings. The topological polar surface area (TPSA) is 84.0 Å². The first kappa shape index (κ1) is 17.6. The molecule has 0 aliphatic carbocycles. The standard InChI is InChI=1S/C19H15ClN4O2/c1-12(25)13-5-7-15(8-6-13)23-18-10-17(21-11-22-18)19(26)24-16-4-2-3-14(20)9-16/h2-11H,1H3,(H,24,26)(H,21,22,23). The van der Waals surface area contributed by atoms with Gasteiger partial charge in [-0.2, -0.15) is 0 Å². The van der Waals surface area contributed by atoms with Gasteiger partial charge in [0.2, 0.25) is 0 Å². The zero-order valence-corrected chi connectivity index (χ0v) is 14.6. The van der Waals surface area contributed by atoms with E-state index < -0.39 is 0 Å². The third-order valence-corrected chi connectivity index (χ3v) is 3.78. The summed E-state index contributed by atoms with van der Waals surface area (Å²) < 4.78 is 0. The molecule has 0 atom stereocenters. The van der Waals surface area contributed by atoms with Crippen LogP contribution in [0.5, 0.6) is 0 Å². The van der Waals surface area contributed by atoms with E-state index in [9.17, 15) is 9.59 Å². The molecular formula is C19H15ClN4O2. The number of rotatable bonds is 5. The van der Waals surface area contributed by atoms with Crippen LogP contribution in [0.25, 0.3) is 0 Å². The van der Waals surface area contributed by atoms with Crippen LogP contribution in [0.1, 0.15) is 27.8 Å². The molecule has 130 valence electrons. The molecule has 1 aromatic heterocycles. The lowest BCUT2D eigenvalue weighted by Gasteiger charge is -2.08. The third kappa shape index (κ3) is 4.43. The fourth-order valence-electron chi connectivity index (χ4n) is 2.25. The average Bonchev–Trinajstić information content (AvgIpc) is 2.62. The lowest BCUT2D eigenvalue weighted by molar-refractivity contribution is 0.101. The van der Waals surface area contributed by atoms with Crippen molar-refractivity contribution in [2.24, 2.45) is 0 Å². The van der Waals surface area contributed by atoms with Crippen LogP contribution in [0.15, 0.2) is 60.9 Å². The van der Waals surface area contributed by atoms with Gasteiger partial charge in [-0.25, -0.2) is 9.97 Å². The number of benzene rings is 2. The first-order valence-electron chi connectivity index (χ1n) is 7.78. The number of anilines is 3. The SMILES string of the molecule is CC(=O)c1ccc(Nc2cc(C(=O)Nc3cccc(Cl)c3)ncn2)cc1. The van der Waals surface area contributed by atoms with E-state index in [1.165, 1.54) is 13.3 Å². The number of carbonyl (C=O) groups excluding carboxylic acids is 2. The van der Waals surface area contributed by atoms with E-state index in [0.717, 1.165) is 5.69 Å². The monoisotopic (exact) mass is 366 g/mol. The molecule has 0 fully saturated rings. The zero-order chi connectivity index (χ0) is 18.5. The number of halogens is 1. The molecule has 26 heavy (non-hydrogen) atoms. The molecule has 0 spiro atoms. The fraction of sp³-hybridized carbons (Fsp3) is 0.0526. The third-order valence-electron chi connectivity index (χ3n) is 3.55. The summed E-state index contributed by atoms with van der Waals surface area (Å²) >= 11 is 5.91. The highest BCUT2D eigenvalue weighted by molar-refractivity contribution is 6.30. The summed E-state index contributed by atoms with van der Waals surface area (Å²) in [6.45, 7) is 1.51. The summed E-state index contributed by atoms with van der Waals surface area (Å²) in [5, 5.41) is 6.34. The van der Waals surface area contributed by atoms with Crippen LogP contribution in [-0.2, 0) is 0 Å².